The van der Waals surface area contributed by atoms with Gasteiger partial charge in [0.1, 0.15) is 5.54 Å². The molecular formula is C20H27N3O2. The number of carbonyl (C=O) groups is 2. The van der Waals surface area contributed by atoms with Gasteiger partial charge in [-0.3, -0.25) is 10.1 Å². The molecule has 1 aromatic carbocycles. The van der Waals surface area contributed by atoms with E-state index >= 15 is 0 Å². The second-order valence-electron chi connectivity index (χ2n) is 7.86. The van der Waals surface area contributed by atoms with E-state index in [1.54, 1.807) is 0 Å². The Morgan fingerprint density at radius 2 is 1.68 bits per heavy atom. The molecule has 1 atom stereocenters. The average Bonchev–Trinajstić information content (AvgIpc) is 3.24. The molecule has 4 rings (SSSR count). The maximum Gasteiger partial charge on any atom is 0.322 e. The van der Waals surface area contributed by atoms with Gasteiger partial charge in [0.05, 0.1) is 0 Å². The maximum atomic E-state index is 12.1. The Balaban J connectivity index is 1.43. The van der Waals surface area contributed by atoms with Gasteiger partial charge in [-0.15, -0.1) is 0 Å². The Morgan fingerprint density at radius 3 is 2.28 bits per heavy atom. The van der Waals surface area contributed by atoms with Crippen LogP contribution in [-0.2, 0) is 4.79 Å². The molecular weight excluding hydrogens is 314 g/mol. The number of imide groups is 1. The molecule has 0 aromatic heterocycles. The van der Waals surface area contributed by atoms with E-state index in [9.17, 15) is 9.59 Å². The third kappa shape index (κ3) is 3.30. The van der Waals surface area contributed by atoms with Crippen LogP contribution in [0.4, 0.5) is 4.79 Å². The molecule has 1 saturated heterocycles. The molecule has 3 fully saturated rings. The fourth-order valence-electron chi connectivity index (χ4n) is 4.87. The van der Waals surface area contributed by atoms with E-state index in [-0.39, 0.29) is 11.9 Å². The van der Waals surface area contributed by atoms with Crippen LogP contribution >= 0.6 is 0 Å². The molecule has 2 aliphatic carbocycles. The molecule has 5 nitrogen and oxygen atoms in total. The highest BCUT2D eigenvalue weighted by Gasteiger charge is 2.48. The second kappa shape index (κ2) is 6.79. The van der Waals surface area contributed by atoms with Gasteiger partial charge in [0.25, 0.3) is 5.91 Å². The summed E-state index contributed by atoms with van der Waals surface area (Å²) in [6, 6.07) is 11.2. The number of hydrogen-bond donors (Lipinski definition) is 3. The van der Waals surface area contributed by atoms with Crippen molar-refractivity contribution in [1.82, 2.24) is 16.0 Å². The number of carbonyl (C=O) groups excluding carboxylic acids is 2. The Kier molecular flexibility index (Phi) is 4.50. The number of nitrogens with one attached hydrogen (secondary N) is 3. The van der Waals surface area contributed by atoms with Crippen molar-refractivity contribution in [3.8, 4) is 0 Å². The minimum Gasteiger partial charge on any atom is -0.323 e. The van der Waals surface area contributed by atoms with Crippen LogP contribution in [0.1, 0.15) is 63.0 Å². The van der Waals surface area contributed by atoms with E-state index < -0.39 is 5.54 Å². The predicted molar refractivity (Wildman–Crippen MR) is 95.9 cm³/mol. The van der Waals surface area contributed by atoms with Gasteiger partial charge in [-0.25, -0.2) is 4.79 Å². The monoisotopic (exact) mass is 341 g/mol. The highest BCUT2D eigenvalue weighted by molar-refractivity contribution is 6.07. The highest BCUT2D eigenvalue weighted by atomic mass is 16.2. The van der Waals surface area contributed by atoms with Crippen LogP contribution in [-0.4, -0.2) is 23.5 Å². The zero-order valence-electron chi connectivity index (χ0n) is 14.6. The lowest BCUT2D eigenvalue weighted by molar-refractivity contribution is -0.125. The van der Waals surface area contributed by atoms with Crippen LogP contribution < -0.4 is 16.0 Å². The quantitative estimate of drug-likeness (QED) is 0.737. The Labute approximate surface area is 148 Å². The van der Waals surface area contributed by atoms with E-state index in [2.05, 4.69) is 46.3 Å². The van der Waals surface area contributed by atoms with Crippen LogP contribution in [0.25, 0.3) is 0 Å². The summed E-state index contributed by atoms with van der Waals surface area (Å²) in [6.07, 6.45) is 8.52. The highest BCUT2D eigenvalue weighted by Crippen LogP contribution is 2.38. The molecule has 134 valence electrons. The van der Waals surface area contributed by atoms with Crippen molar-refractivity contribution in [3.05, 3.63) is 35.9 Å². The van der Waals surface area contributed by atoms with E-state index in [0.717, 1.165) is 12.8 Å². The summed E-state index contributed by atoms with van der Waals surface area (Å²) in [5, 5.41) is 9.15. The first-order valence-corrected chi connectivity index (χ1v) is 9.61. The Hall–Kier alpha value is -1.88. The third-order valence-electron chi connectivity index (χ3n) is 6.30. The minimum atomic E-state index is -0.662. The summed E-state index contributed by atoms with van der Waals surface area (Å²) in [5.41, 5.74) is 0.715. The van der Waals surface area contributed by atoms with Crippen LogP contribution in [0.2, 0.25) is 0 Å². The van der Waals surface area contributed by atoms with Crippen molar-refractivity contribution >= 4 is 11.9 Å². The average molecular weight is 341 g/mol. The normalized spacial score (nSPS) is 31.1. The Bertz CT molecular complexity index is 632. The van der Waals surface area contributed by atoms with E-state index in [0.29, 0.717) is 30.8 Å². The molecule has 1 spiro atoms. The van der Waals surface area contributed by atoms with Gasteiger partial charge >= 0.3 is 6.03 Å². The summed E-state index contributed by atoms with van der Waals surface area (Å²) in [4.78, 5) is 23.6. The molecule has 0 radical (unpaired) electrons. The number of benzene rings is 1. The molecule has 1 aliphatic heterocycles. The Morgan fingerprint density at radius 1 is 1.00 bits per heavy atom. The zero-order valence-corrected chi connectivity index (χ0v) is 14.6. The van der Waals surface area contributed by atoms with Crippen molar-refractivity contribution in [1.29, 1.82) is 0 Å². The van der Waals surface area contributed by atoms with Gasteiger partial charge < -0.3 is 10.6 Å². The lowest BCUT2D eigenvalue weighted by Gasteiger charge is -2.38. The third-order valence-corrected chi connectivity index (χ3v) is 6.30. The van der Waals surface area contributed by atoms with Gasteiger partial charge in [-0.05, 0) is 50.0 Å². The van der Waals surface area contributed by atoms with Crippen LogP contribution in [0.15, 0.2) is 30.3 Å². The molecule has 2 saturated carbocycles. The van der Waals surface area contributed by atoms with Gasteiger partial charge in [-0.2, -0.15) is 0 Å². The standard InChI is InChI=1S/C20H27N3O2/c24-18-20(23-19(25)22-18)12-10-16(11-13-20)21-17(15-8-4-5-9-15)14-6-2-1-3-7-14/h1-3,6-7,15-17,21H,4-5,8-13H2,(H2,22,23,24,25). The van der Waals surface area contributed by atoms with Gasteiger partial charge in [0.2, 0.25) is 0 Å². The minimum absolute atomic E-state index is 0.147. The number of rotatable bonds is 4. The molecule has 1 aromatic rings. The van der Waals surface area contributed by atoms with Crippen molar-refractivity contribution in [2.24, 2.45) is 5.92 Å². The molecule has 0 bridgehead atoms. The molecule has 1 heterocycles. The van der Waals surface area contributed by atoms with Crippen molar-refractivity contribution in [3.63, 3.8) is 0 Å². The molecule has 3 N–H and O–H groups in total. The number of hydrogen-bond acceptors (Lipinski definition) is 3. The first-order valence-electron chi connectivity index (χ1n) is 9.61. The fourth-order valence-corrected chi connectivity index (χ4v) is 4.87. The fraction of sp³-hybridized carbons (Fsp3) is 0.600. The topological polar surface area (TPSA) is 70.2 Å². The number of urea groups is 1. The zero-order chi connectivity index (χ0) is 17.3. The molecule has 5 heteroatoms. The van der Waals surface area contributed by atoms with Gasteiger partial charge in [0, 0.05) is 12.1 Å². The van der Waals surface area contributed by atoms with Gasteiger partial charge in [0.15, 0.2) is 0 Å². The molecule has 1 unspecified atom stereocenters. The summed E-state index contributed by atoms with van der Waals surface area (Å²) < 4.78 is 0. The lowest BCUT2D eigenvalue weighted by atomic mass is 9.78. The summed E-state index contributed by atoms with van der Waals surface area (Å²) in [7, 11) is 0. The van der Waals surface area contributed by atoms with Crippen molar-refractivity contribution in [2.45, 2.75) is 69.0 Å². The van der Waals surface area contributed by atoms with E-state index in [1.165, 1.54) is 31.2 Å². The molecule has 3 aliphatic rings. The van der Waals surface area contributed by atoms with Crippen LogP contribution in [0.5, 0.6) is 0 Å². The SMILES string of the molecule is O=C1NC(=O)C2(CCC(NC(c3ccccc3)C3CCCC3)CC2)N1. The number of amides is 3. The lowest BCUT2D eigenvalue weighted by Crippen LogP contribution is -2.52. The van der Waals surface area contributed by atoms with Crippen LogP contribution in [0, 0.1) is 5.92 Å². The van der Waals surface area contributed by atoms with E-state index in [4.69, 9.17) is 0 Å². The van der Waals surface area contributed by atoms with Gasteiger partial charge in [-0.1, -0.05) is 43.2 Å². The largest absolute Gasteiger partial charge is 0.323 e. The second-order valence-corrected chi connectivity index (χ2v) is 7.86. The summed E-state index contributed by atoms with van der Waals surface area (Å²) in [6.45, 7) is 0. The van der Waals surface area contributed by atoms with Crippen molar-refractivity contribution in [2.75, 3.05) is 0 Å². The van der Waals surface area contributed by atoms with Crippen LogP contribution in [0.3, 0.4) is 0 Å². The predicted octanol–water partition coefficient (Wildman–Crippen LogP) is 3.03. The first-order chi connectivity index (χ1) is 12.2. The first kappa shape index (κ1) is 16.6. The summed E-state index contributed by atoms with van der Waals surface area (Å²) >= 11 is 0. The van der Waals surface area contributed by atoms with Crippen molar-refractivity contribution < 1.29 is 9.59 Å². The maximum absolute atomic E-state index is 12.1. The smallest absolute Gasteiger partial charge is 0.322 e. The van der Waals surface area contributed by atoms with E-state index in [1.807, 2.05) is 0 Å². The molecule has 25 heavy (non-hydrogen) atoms. The summed E-state index contributed by atoms with van der Waals surface area (Å²) in [5.74, 6) is 0.555. The molecule has 3 amide bonds.